The van der Waals surface area contributed by atoms with Gasteiger partial charge in [-0.25, -0.2) is 9.98 Å². The first-order valence-electron chi connectivity index (χ1n) is 7.82. The molecule has 0 saturated heterocycles. The van der Waals surface area contributed by atoms with Crippen molar-refractivity contribution in [3.8, 4) is 5.75 Å². The number of ether oxygens (including phenoxy) is 1. The van der Waals surface area contributed by atoms with E-state index in [-0.39, 0.29) is 0 Å². The number of fused-ring (bicyclic) bond motifs is 1. The van der Waals surface area contributed by atoms with Gasteiger partial charge in [-0.05, 0) is 30.3 Å². The standard InChI is InChI=1S/C21H16N2O/c1-24-17-13-11-16(12-14-17)22-21-18-9-5-6-10-19(18)23-20(21)15-7-3-2-4-8-15/h2-14H,1H3. The van der Waals surface area contributed by atoms with Crippen molar-refractivity contribution >= 4 is 22.8 Å². The minimum atomic E-state index is 0.822. The minimum Gasteiger partial charge on any atom is -0.497 e. The largest absolute Gasteiger partial charge is 0.497 e. The van der Waals surface area contributed by atoms with E-state index in [9.17, 15) is 0 Å². The fourth-order valence-electron chi connectivity index (χ4n) is 2.77. The second-order valence-corrected chi connectivity index (χ2v) is 5.50. The second-order valence-electron chi connectivity index (χ2n) is 5.50. The Hall–Kier alpha value is -3.20. The summed E-state index contributed by atoms with van der Waals surface area (Å²) in [6, 6.07) is 26.0. The smallest absolute Gasteiger partial charge is 0.119 e. The maximum atomic E-state index is 5.21. The Bertz CT molecular complexity index is 926. The molecule has 24 heavy (non-hydrogen) atoms. The molecule has 3 aromatic carbocycles. The number of benzene rings is 3. The third-order valence-corrected chi connectivity index (χ3v) is 3.98. The summed E-state index contributed by atoms with van der Waals surface area (Å²) in [4.78, 5) is 9.66. The van der Waals surface area contributed by atoms with Crippen molar-refractivity contribution in [1.82, 2.24) is 0 Å². The summed E-state index contributed by atoms with van der Waals surface area (Å²) in [5.74, 6) is 0.822. The zero-order chi connectivity index (χ0) is 16.4. The Morgan fingerprint density at radius 2 is 1.50 bits per heavy atom. The molecule has 0 spiro atoms. The Kier molecular flexibility index (Phi) is 3.67. The highest BCUT2D eigenvalue weighted by Gasteiger charge is 2.23. The predicted octanol–water partition coefficient (Wildman–Crippen LogP) is 4.95. The van der Waals surface area contributed by atoms with Crippen LogP contribution in [0.3, 0.4) is 0 Å². The van der Waals surface area contributed by atoms with Gasteiger partial charge in [0.05, 0.1) is 29.9 Å². The number of methoxy groups -OCH3 is 1. The molecule has 0 unspecified atom stereocenters. The van der Waals surface area contributed by atoms with E-state index < -0.39 is 0 Å². The van der Waals surface area contributed by atoms with Crippen molar-refractivity contribution in [2.75, 3.05) is 7.11 Å². The second kappa shape index (κ2) is 6.13. The van der Waals surface area contributed by atoms with E-state index in [0.29, 0.717) is 0 Å². The molecule has 0 amide bonds. The third-order valence-electron chi connectivity index (χ3n) is 3.98. The van der Waals surface area contributed by atoms with Gasteiger partial charge in [-0.2, -0.15) is 0 Å². The van der Waals surface area contributed by atoms with Crippen molar-refractivity contribution in [1.29, 1.82) is 0 Å². The lowest BCUT2D eigenvalue weighted by atomic mass is 10.0. The van der Waals surface area contributed by atoms with Gasteiger partial charge in [0, 0.05) is 11.1 Å². The van der Waals surface area contributed by atoms with Crippen LogP contribution in [0.25, 0.3) is 0 Å². The number of hydrogen-bond acceptors (Lipinski definition) is 3. The third kappa shape index (κ3) is 2.61. The summed E-state index contributed by atoms with van der Waals surface area (Å²) >= 11 is 0. The Balaban J connectivity index is 1.83. The van der Waals surface area contributed by atoms with Crippen molar-refractivity contribution < 1.29 is 4.74 Å². The molecule has 1 aliphatic heterocycles. The van der Waals surface area contributed by atoms with E-state index in [1.54, 1.807) is 7.11 Å². The van der Waals surface area contributed by atoms with Gasteiger partial charge >= 0.3 is 0 Å². The van der Waals surface area contributed by atoms with Gasteiger partial charge in [0.15, 0.2) is 0 Å². The topological polar surface area (TPSA) is 34.0 Å². The zero-order valence-electron chi connectivity index (χ0n) is 13.3. The van der Waals surface area contributed by atoms with Crippen LogP contribution in [0.2, 0.25) is 0 Å². The van der Waals surface area contributed by atoms with Gasteiger partial charge in [-0.15, -0.1) is 0 Å². The molecule has 4 rings (SSSR count). The molecule has 0 radical (unpaired) electrons. The monoisotopic (exact) mass is 312 g/mol. The van der Waals surface area contributed by atoms with Gasteiger partial charge in [0.2, 0.25) is 0 Å². The Morgan fingerprint density at radius 1 is 0.792 bits per heavy atom. The molecule has 0 saturated carbocycles. The van der Waals surface area contributed by atoms with Crippen LogP contribution in [0, 0.1) is 0 Å². The van der Waals surface area contributed by atoms with Crippen LogP contribution in [-0.2, 0) is 0 Å². The predicted molar refractivity (Wildman–Crippen MR) is 98.3 cm³/mol. The van der Waals surface area contributed by atoms with Crippen molar-refractivity contribution in [3.05, 3.63) is 90.0 Å². The SMILES string of the molecule is COc1ccc(N=C2C(c3ccccc3)=Nc3ccccc32)cc1. The first kappa shape index (κ1) is 14.4. The first-order valence-corrected chi connectivity index (χ1v) is 7.82. The quantitative estimate of drug-likeness (QED) is 0.673. The maximum absolute atomic E-state index is 5.21. The highest BCUT2D eigenvalue weighted by atomic mass is 16.5. The normalized spacial score (nSPS) is 14.4. The Labute approximate surface area is 141 Å². The summed E-state index contributed by atoms with van der Waals surface area (Å²) < 4.78 is 5.21. The molecular formula is C21H16N2O. The van der Waals surface area contributed by atoms with Gasteiger partial charge < -0.3 is 4.74 Å². The number of nitrogens with zero attached hydrogens (tertiary/aromatic N) is 2. The van der Waals surface area contributed by atoms with E-state index in [1.165, 1.54) is 0 Å². The average Bonchev–Trinajstić information content (AvgIpc) is 3.02. The molecule has 0 bridgehead atoms. The van der Waals surface area contributed by atoms with Crippen LogP contribution >= 0.6 is 0 Å². The van der Waals surface area contributed by atoms with Gasteiger partial charge in [-0.1, -0.05) is 48.5 Å². The zero-order valence-corrected chi connectivity index (χ0v) is 13.3. The van der Waals surface area contributed by atoms with Gasteiger partial charge in [0.25, 0.3) is 0 Å². The van der Waals surface area contributed by atoms with Crippen LogP contribution in [0.1, 0.15) is 11.1 Å². The molecule has 0 fully saturated rings. The van der Waals surface area contributed by atoms with Crippen LogP contribution in [-0.4, -0.2) is 18.5 Å². The molecular weight excluding hydrogens is 296 g/mol. The molecule has 3 heteroatoms. The van der Waals surface area contributed by atoms with Gasteiger partial charge in [-0.3, -0.25) is 0 Å². The lowest BCUT2D eigenvalue weighted by molar-refractivity contribution is 0.415. The van der Waals surface area contributed by atoms with Crippen LogP contribution in [0.5, 0.6) is 5.75 Å². The molecule has 3 aromatic rings. The highest BCUT2D eigenvalue weighted by Crippen LogP contribution is 2.31. The lowest BCUT2D eigenvalue weighted by Gasteiger charge is -2.05. The maximum Gasteiger partial charge on any atom is 0.119 e. The molecule has 116 valence electrons. The number of aliphatic imine (C=N–C) groups is 2. The highest BCUT2D eigenvalue weighted by molar-refractivity contribution is 6.57. The van der Waals surface area contributed by atoms with Crippen LogP contribution < -0.4 is 4.74 Å². The van der Waals surface area contributed by atoms with E-state index in [4.69, 9.17) is 14.7 Å². The van der Waals surface area contributed by atoms with E-state index >= 15 is 0 Å². The summed E-state index contributed by atoms with van der Waals surface area (Å²) in [7, 11) is 1.66. The molecule has 1 aliphatic rings. The Morgan fingerprint density at radius 3 is 2.25 bits per heavy atom. The fourth-order valence-corrected chi connectivity index (χ4v) is 2.77. The molecule has 3 nitrogen and oxygen atoms in total. The van der Waals surface area contributed by atoms with E-state index in [1.807, 2.05) is 60.7 Å². The summed E-state index contributed by atoms with van der Waals surface area (Å²) in [6.45, 7) is 0. The van der Waals surface area contributed by atoms with Crippen molar-refractivity contribution in [2.24, 2.45) is 9.98 Å². The molecule has 0 atom stereocenters. The number of hydrogen-bond donors (Lipinski definition) is 0. The van der Waals surface area contributed by atoms with Crippen molar-refractivity contribution in [3.63, 3.8) is 0 Å². The molecule has 0 N–H and O–H groups in total. The minimum absolute atomic E-state index is 0.822. The molecule has 0 aliphatic carbocycles. The van der Waals surface area contributed by atoms with Crippen molar-refractivity contribution in [2.45, 2.75) is 0 Å². The summed E-state index contributed by atoms with van der Waals surface area (Å²) in [5, 5.41) is 0. The molecule has 0 aromatic heterocycles. The van der Waals surface area contributed by atoms with Crippen LogP contribution in [0.15, 0.2) is 88.8 Å². The lowest BCUT2D eigenvalue weighted by Crippen LogP contribution is -2.12. The first-order chi connectivity index (χ1) is 11.8. The van der Waals surface area contributed by atoms with Crippen LogP contribution in [0.4, 0.5) is 11.4 Å². The van der Waals surface area contributed by atoms with Gasteiger partial charge in [0.1, 0.15) is 5.75 Å². The molecule has 1 heterocycles. The van der Waals surface area contributed by atoms with E-state index in [0.717, 1.165) is 39.7 Å². The fraction of sp³-hybridized carbons (Fsp3) is 0.0476. The average molecular weight is 312 g/mol. The summed E-state index contributed by atoms with van der Waals surface area (Å²) in [5.41, 5.74) is 5.79. The van der Waals surface area contributed by atoms with E-state index in [2.05, 4.69) is 18.2 Å². The number of rotatable bonds is 3. The summed E-state index contributed by atoms with van der Waals surface area (Å²) in [6.07, 6.45) is 0. The number of para-hydroxylation sites is 1.